The predicted molar refractivity (Wildman–Crippen MR) is 77.4 cm³/mol. The van der Waals surface area contributed by atoms with E-state index in [4.69, 9.17) is 4.74 Å². The average Bonchev–Trinajstić information content (AvgIpc) is 2.49. The van der Waals surface area contributed by atoms with Gasteiger partial charge in [-0.15, -0.1) is 0 Å². The number of pyridine rings is 1. The second-order valence-electron chi connectivity index (χ2n) is 4.53. The first-order chi connectivity index (χ1) is 9.29. The Bertz CT molecular complexity index is 482. The van der Waals surface area contributed by atoms with Gasteiger partial charge in [0.1, 0.15) is 5.75 Å². The Hall–Kier alpha value is -1.87. The summed E-state index contributed by atoms with van der Waals surface area (Å²) in [5.74, 6) is 0.901. The van der Waals surface area contributed by atoms with E-state index in [-0.39, 0.29) is 6.04 Å². The van der Waals surface area contributed by atoms with Crippen LogP contribution in [0.5, 0.6) is 5.75 Å². The quantitative estimate of drug-likeness (QED) is 0.862. The summed E-state index contributed by atoms with van der Waals surface area (Å²) in [7, 11) is 1.69. The molecular weight excluding hydrogens is 236 g/mol. The van der Waals surface area contributed by atoms with Crippen LogP contribution >= 0.6 is 0 Å². The zero-order valence-electron chi connectivity index (χ0n) is 11.5. The second-order valence-corrected chi connectivity index (χ2v) is 4.53. The zero-order valence-corrected chi connectivity index (χ0v) is 11.5. The molecule has 1 atom stereocenters. The molecule has 0 saturated heterocycles. The van der Waals surface area contributed by atoms with Crippen LogP contribution in [0.15, 0.2) is 48.7 Å². The number of nitrogens with one attached hydrogen (secondary N) is 1. The third kappa shape index (κ3) is 4.07. The molecule has 0 aliphatic rings. The molecule has 0 aliphatic heterocycles. The maximum absolute atomic E-state index is 5.15. The third-order valence-electron chi connectivity index (χ3n) is 3.15. The summed E-state index contributed by atoms with van der Waals surface area (Å²) in [4.78, 5) is 4.35. The molecule has 0 radical (unpaired) electrons. The van der Waals surface area contributed by atoms with Crippen molar-refractivity contribution in [2.75, 3.05) is 13.7 Å². The second kappa shape index (κ2) is 6.90. The van der Waals surface area contributed by atoms with Gasteiger partial charge in [-0.2, -0.15) is 0 Å². The number of hydrogen-bond donors (Lipinski definition) is 1. The van der Waals surface area contributed by atoms with Crippen LogP contribution in [0.3, 0.4) is 0 Å². The van der Waals surface area contributed by atoms with Gasteiger partial charge < -0.3 is 10.1 Å². The first-order valence-electron chi connectivity index (χ1n) is 6.57. The summed E-state index contributed by atoms with van der Waals surface area (Å²) in [6, 6.07) is 14.5. The normalized spacial score (nSPS) is 12.1. The molecular formula is C16H20N2O. The lowest BCUT2D eigenvalue weighted by Crippen LogP contribution is -2.22. The van der Waals surface area contributed by atoms with Crippen molar-refractivity contribution in [3.05, 3.63) is 59.9 Å². The van der Waals surface area contributed by atoms with Gasteiger partial charge in [-0.3, -0.25) is 4.98 Å². The van der Waals surface area contributed by atoms with E-state index in [1.54, 1.807) is 7.11 Å². The van der Waals surface area contributed by atoms with Crippen molar-refractivity contribution in [1.82, 2.24) is 10.3 Å². The number of hydrogen-bond acceptors (Lipinski definition) is 3. The minimum Gasteiger partial charge on any atom is -0.497 e. The summed E-state index contributed by atoms with van der Waals surface area (Å²) in [6.45, 7) is 3.07. The van der Waals surface area contributed by atoms with Crippen LogP contribution in [0, 0.1) is 0 Å². The van der Waals surface area contributed by atoms with Gasteiger partial charge >= 0.3 is 0 Å². The van der Waals surface area contributed by atoms with Gasteiger partial charge in [0.25, 0.3) is 0 Å². The molecule has 0 spiro atoms. The molecule has 1 heterocycles. The summed E-state index contributed by atoms with van der Waals surface area (Å²) in [6.07, 6.45) is 2.83. The van der Waals surface area contributed by atoms with Gasteiger partial charge in [-0.05, 0) is 49.7 Å². The third-order valence-corrected chi connectivity index (χ3v) is 3.15. The van der Waals surface area contributed by atoms with Crippen LogP contribution in [-0.2, 0) is 6.42 Å². The van der Waals surface area contributed by atoms with E-state index in [2.05, 4.69) is 29.4 Å². The smallest absolute Gasteiger partial charge is 0.118 e. The summed E-state index contributed by atoms with van der Waals surface area (Å²) in [5.41, 5.74) is 2.39. The van der Waals surface area contributed by atoms with Crippen LogP contribution in [0.4, 0.5) is 0 Å². The SMILES string of the molecule is COc1ccc(CCN[C@H](C)c2ccccn2)cc1. The van der Waals surface area contributed by atoms with Crippen LogP contribution in [0.2, 0.25) is 0 Å². The van der Waals surface area contributed by atoms with Crippen molar-refractivity contribution >= 4 is 0 Å². The average molecular weight is 256 g/mol. The van der Waals surface area contributed by atoms with E-state index in [1.807, 2.05) is 36.5 Å². The van der Waals surface area contributed by atoms with Crippen molar-refractivity contribution in [3.63, 3.8) is 0 Å². The highest BCUT2D eigenvalue weighted by atomic mass is 16.5. The molecule has 19 heavy (non-hydrogen) atoms. The molecule has 0 aliphatic carbocycles. The fraction of sp³-hybridized carbons (Fsp3) is 0.312. The molecule has 0 bridgehead atoms. The van der Waals surface area contributed by atoms with E-state index in [0.29, 0.717) is 0 Å². The first kappa shape index (κ1) is 13.6. The number of ether oxygens (including phenoxy) is 1. The van der Waals surface area contributed by atoms with E-state index >= 15 is 0 Å². The molecule has 2 aromatic rings. The Balaban J connectivity index is 1.79. The van der Waals surface area contributed by atoms with Crippen molar-refractivity contribution in [1.29, 1.82) is 0 Å². The number of methoxy groups -OCH3 is 1. The minimum absolute atomic E-state index is 0.277. The maximum Gasteiger partial charge on any atom is 0.118 e. The van der Waals surface area contributed by atoms with Crippen molar-refractivity contribution < 1.29 is 4.74 Å². The van der Waals surface area contributed by atoms with E-state index in [9.17, 15) is 0 Å². The number of aromatic nitrogens is 1. The first-order valence-corrected chi connectivity index (χ1v) is 6.57. The molecule has 0 amide bonds. The molecule has 1 aromatic heterocycles. The van der Waals surface area contributed by atoms with Crippen LogP contribution < -0.4 is 10.1 Å². The molecule has 1 N–H and O–H groups in total. The molecule has 0 unspecified atom stereocenters. The van der Waals surface area contributed by atoms with Crippen molar-refractivity contribution in [2.24, 2.45) is 0 Å². The van der Waals surface area contributed by atoms with Gasteiger partial charge in [0, 0.05) is 12.2 Å². The Morgan fingerprint density at radius 2 is 1.95 bits per heavy atom. The Labute approximate surface area is 114 Å². The molecule has 0 fully saturated rings. The van der Waals surface area contributed by atoms with Gasteiger partial charge in [0.15, 0.2) is 0 Å². The van der Waals surface area contributed by atoms with Crippen molar-refractivity contribution in [3.8, 4) is 5.75 Å². The number of rotatable bonds is 6. The zero-order chi connectivity index (χ0) is 13.5. The lowest BCUT2D eigenvalue weighted by molar-refractivity contribution is 0.414. The minimum atomic E-state index is 0.277. The summed E-state index contributed by atoms with van der Waals surface area (Å²) >= 11 is 0. The highest BCUT2D eigenvalue weighted by Crippen LogP contribution is 2.12. The standard InChI is InChI=1S/C16H20N2O/c1-13(16-5-3-4-11-18-16)17-12-10-14-6-8-15(19-2)9-7-14/h3-9,11,13,17H,10,12H2,1-2H3/t13-/m1/s1. The largest absolute Gasteiger partial charge is 0.497 e. The number of nitrogens with zero attached hydrogens (tertiary/aromatic N) is 1. The van der Waals surface area contributed by atoms with E-state index < -0.39 is 0 Å². The number of benzene rings is 1. The highest BCUT2D eigenvalue weighted by Gasteiger charge is 2.04. The molecule has 3 nitrogen and oxygen atoms in total. The van der Waals surface area contributed by atoms with Crippen molar-refractivity contribution in [2.45, 2.75) is 19.4 Å². The molecule has 3 heteroatoms. The van der Waals surface area contributed by atoms with Gasteiger partial charge in [-0.1, -0.05) is 18.2 Å². The van der Waals surface area contributed by atoms with Crippen LogP contribution in [-0.4, -0.2) is 18.6 Å². The van der Waals surface area contributed by atoms with Gasteiger partial charge in [0.2, 0.25) is 0 Å². The van der Waals surface area contributed by atoms with Gasteiger partial charge in [-0.25, -0.2) is 0 Å². The predicted octanol–water partition coefficient (Wildman–Crippen LogP) is 2.98. The van der Waals surface area contributed by atoms with Crippen LogP contribution in [0.1, 0.15) is 24.2 Å². The van der Waals surface area contributed by atoms with E-state index in [1.165, 1.54) is 5.56 Å². The lowest BCUT2D eigenvalue weighted by Gasteiger charge is -2.13. The summed E-state index contributed by atoms with van der Waals surface area (Å²) < 4.78 is 5.15. The monoisotopic (exact) mass is 256 g/mol. The summed E-state index contributed by atoms with van der Waals surface area (Å²) in [5, 5.41) is 3.48. The molecule has 0 saturated carbocycles. The Kier molecular flexibility index (Phi) is 4.93. The lowest BCUT2D eigenvalue weighted by atomic mass is 10.1. The van der Waals surface area contributed by atoms with E-state index in [0.717, 1.165) is 24.4 Å². The highest BCUT2D eigenvalue weighted by molar-refractivity contribution is 5.27. The topological polar surface area (TPSA) is 34.1 Å². The Morgan fingerprint density at radius 3 is 2.58 bits per heavy atom. The molecule has 2 rings (SSSR count). The fourth-order valence-electron chi connectivity index (χ4n) is 1.96. The van der Waals surface area contributed by atoms with Gasteiger partial charge in [0.05, 0.1) is 12.8 Å². The fourth-order valence-corrected chi connectivity index (χ4v) is 1.96. The molecule has 1 aromatic carbocycles. The Morgan fingerprint density at radius 1 is 1.16 bits per heavy atom. The molecule has 100 valence electrons. The van der Waals surface area contributed by atoms with Crippen LogP contribution in [0.25, 0.3) is 0 Å². The maximum atomic E-state index is 5.15.